The van der Waals surface area contributed by atoms with Crippen LogP contribution in [0.3, 0.4) is 0 Å². The molecule has 2 aromatic carbocycles. The van der Waals surface area contributed by atoms with Gasteiger partial charge in [0.05, 0.1) is 29.9 Å². The van der Waals surface area contributed by atoms with Crippen molar-refractivity contribution < 1.29 is 31.5 Å². The van der Waals surface area contributed by atoms with E-state index in [1.54, 1.807) is 4.90 Å². The molecule has 10 nitrogen and oxygen atoms in total. The fraction of sp³-hybridized carbons (Fsp3) is 0.385. The van der Waals surface area contributed by atoms with Crippen LogP contribution < -0.4 is 20.7 Å². The molecule has 2 aliphatic rings. The Balaban J connectivity index is 1.38. The minimum absolute atomic E-state index is 0.0393. The smallest absolute Gasteiger partial charge is 0.316 e. The summed E-state index contributed by atoms with van der Waals surface area (Å²) in [5.74, 6) is -2.92. The summed E-state index contributed by atoms with van der Waals surface area (Å²) in [6.07, 6.45) is 3.24. The standard InChI is InChI=1S/C26H28F3N5O5S/c1-26(4-5-26)16-39-24-23(14-30-34(25(24)35)21-12-19(28)11-20(29)13-21)32-6-8-33(9-7-32)40(37,38)15-17-10-18(27)2-3-22(17)31-36/h2-3,10-14,31,36H,4-9,15-16H2,1H3. The summed E-state index contributed by atoms with van der Waals surface area (Å²) in [6, 6.07) is 6.06. The molecule has 0 atom stereocenters. The molecule has 2 fully saturated rings. The highest BCUT2D eigenvalue weighted by Gasteiger charge is 2.39. The number of benzene rings is 2. The second-order valence-corrected chi connectivity index (χ2v) is 12.3. The van der Waals surface area contributed by atoms with Gasteiger partial charge in [-0.05, 0) is 48.7 Å². The summed E-state index contributed by atoms with van der Waals surface area (Å²) in [5, 5.41) is 13.4. The minimum Gasteiger partial charge on any atom is -0.486 e. The molecule has 2 heterocycles. The first-order chi connectivity index (χ1) is 19.0. The van der Waals surface area contributed by atoms with E-state index in [0.717, 1.165) is 41.8 Å². The van der Waals surface area contributed by atoms with E-state index in [2.05, 4.69) is 5.10 Å². The highest BCUT2D eigenvalue weighted by atomic mass is 32.2. The Hall–Kier alpha value is -3.62. The number of nitrogens with zero attached hydrogens (tertiary/aromatic N) is 4. The lowest BCUT2D eigenvalue weighted by Crippen LogP contribution is -2.49. The number of ether oxygens (including phenoxy) is 1. The molecule has 1 aliphatic heterocycles. The molecule has 3 aromatic rings. The van der Waals surface area contributed by atoms with Crippen LogP contribution in [0, 0.1) is 22.9 Å². The molecule has 1 saturated heterocycles. The second kappa shape index (κ2) is 10.7. The number of aromatic nitrogens is 2. The zero-order chi connectivity index (χ0) is 28.7. The predicted octanol–water partition coefficient (Wildman–Crippen LogP) is 3.28. The Morgan fingerprint density at radius 1 is 1.02 bits per heavy atom. The number of nitrogens with one attached hydrogen (secondary N) is 1. The van der Waals surface area contributed by atoms with Crippen molar-refractivity contribution in [1.82, 2.24) is 14.1 Å². The van der Waals surface area contributed by atoms with Crippen molar-refractivity contribution in [3.05, 3.63) is 76.0 Å². The highest BCUT2D eigenvalue weighted by molar-refractivity contribution is 7.88. The molecule has 2 N–H and O–H groups in total. The van der Waals surface area contributed by atoms with Gasteiger partial charge in [-0.2, -0.15) is 14.1 Å². The Morgan fingerprint density at radius 2 is 1.70 bits per heavy atom. The SMILES string of the molecule is CC1(COc2c(N3CCN(S(=O)(=O)Cc4cc(F)ccc4NO)CC3)cnn(-c3cc(F)cc(F)c3)c2=O)CC1. The van der Waals surface area contributed by atoms with Crippen molar-refractivity contribution >= 4 is 21.4 Å². The third-order valence-electron chi connectivity index (χ3n) is 7.17. The molecule has 0 amide bonds. The van der Waals surface area contributed by atoms with Crippen molar-refractivity contribution in [2.24, 2.45) is 5.41 Å². The lowest BCUT2D eigenvalue weighted by molar-refractivity contribution is 0.242. The van der Waals surface area contributed by atoms with E-state index in [1.807, 2.05) is 12.4 Å². The number of anilines is 2. The Kier molecular flexibility index (Phi) is 7.50. The fourth-order valence-electron chi connectivity index (χ4n) is 4.53. The van der Waals surface area contributed by atoms with Crippen LogP contribution in [-0.2, 0) is 15.8 Å². The molecule has 5 rings (SSSR count). The predicted molar refractivity (Wildman–Crippen MR) is 141 cm³/mol. The molecule has 1 saturated carbocycles. The molecule has 0 unspecified atom stereocenters. The van der Waals surface area contributed by atoms with Crippen molar-refractivity contribution in [2.45, 2.75) is 25.5 Å². The van der Waals surface area contributed by atoms with Gasteiger partial charge >= 0.3 is 5.56 Å². The largest absolute Gasteiger partial charge is 0.486 e. The van der Waals surface area contributed by atoms with E-state index in [9.17, 15) is 31.6 Å². The van der Waals surface area contributed by atoms with Crippen molar-refractivity contribution in [3.63, 3.8) is 0 Å². The summed E-state index contributed by atoms with van der Waals surface area (Å²) in [6.45, 7) is 2.81. The topological polar surface area (TPSA) is 117 Å². The van der Waals surface area contributed by atoms with Gasteiger partial charge in [-0.3, -0.25) is 15.5 Å². The number of hydrogen-bond acceptors (Lipinski definition) is 8. The lowest BCUT2D eigenvalue weighted by Gasteiger charge is -2.36. The maximum absolute atomic E-state index is 13.9. The molecule has 214 valence electrons. The number of piperazine rings is 1. The normalized spacial score (nSPS) is 17.1. The van der Waals surface area contributed by atoms with Gasteiger partial charge in [0.2, 0.25) is 15.8 Å². The third kappa shape index (κ3) is 5.93. The molecule has 40 heavy (non-hydrogen) atoms. The van der Waals surface area contributed by atoms with Crippen molar-refractivity contribution in [2.75, 3.05) is 43.2 Å². The average Bonchev–Trinajstić information content (AvgIpc) is 3.64. The van der Waals surface area contributed by atoms with Crippen LogP contribution in [-0.4, -0.2) is 60.5 Å². The van der Waals surface area contributed by atoms with E-state index in [1.165, 1.54) is 16.6 Å². The first kappa shape index (κ1) is 27.9. The molecule has 0 radical (unpaired) electrons. The quantitative estimate of drug-likeness (QED) is 0.371. The minimum atomic E-state index is -3.88. The zero-order valence-corrected chi connectivity index (χ0v) is 22.4. The molecule has 0 spiro atoms. The van der Waals surface area contributed by atoms with E-state index in [0.29, 0.717) is 11.8 Å². The van der Waals surface area contributed by atoms with Crippen LogP contribution in [0.2, 0.25) is 0 Å². The first-order valence-electron chi connectivity index (χ1n) is 12.6. The lowest BCUT2D eigenvalue weighted by atomic mass is 10.2. The van der Waals surface area contributed by atoms with Crippen molar-refractivity contribution in [1.29, 1.82) is 0 Å². The van der Waals surface area contributed by atoms with E-state index in [-0.39, 0.29) is 60.9 Å². The Bertz CT molecular complexity index is 1570. The van der Waals surface area contributed by atoms with Crippen LogP contribution in [0.15, 0.2) is 47.4 Å². The summed E-state index contributed by atoms with van der Waals surface area (Å²) >= 11 is 0. The summed E-state index contributed by atoms with van der Waals surface area (Å²) in [5.41, 5.74) is 1.52. The van der Waals surface area contributed by atoms with Gasteiger partial charge in [-0.15, -0.1) is 0 Å². The number of rotatable bonds is 9. The molecule has 1 aliphatic carbocycles. The van der Waals surface area contributed by atoms with E-state index >= 15 is 0 Å². The summed E-state index contributed by atoms with van der Waals surface area (Å²) < 4.78 is 75.7. The second-order valence-electron chi connectivity index (χ2n) is 10.4. The van der Waals surface area contributed by atoms with E-state index < -0.39 is 38.8 Å². The highest BCUT2D eigenvalue weighted by Crippen LogP contribution is 2.45. The number of sulfonamides is 1. The molecular formula is C26H28F3N5O5S. The van der Waals surface area contributed by atoms with Crippen molar-refractivity contribution in [3.8, 4) is 11.4 Å². The number of halogens is 3. The van der Waals surface area contributed by atoms with Gasteiger partial charge in [-0.1, -0.05) is 6.92 Å². The van der Waals surface area contributed by atoms with Gasteiger partial charge < -0.3 is 9.64 Å². The van der Waals surface area contributed by atoms with Crippen LogP contribution >= 0.6 is 0 Å². The molecule has 14 heteroatoms. The molecule has 1 aromatic heterocycles. The molecular weight excluding hydrogens is 551 g/mol. The van der Waals surface area contributed by atoms with Gasteiger partial charge in [-0.25, -0.2) is 21.6 Å². The fourth-order valence-corrected chi connectivity index (χ4v) is 6.06. The Labute approximate surface area is 228 Å². The summed E-state index contributed by atoms with van der Waals surface area (Å²) in [4.78, 5) is 15.2. The Morgan fingerprint density at radius 3 is 2.33 bits per heavy atom. The van der Waals surface area contributed by atoms with Crippen LogP contribution in [0.25, 0.3) is 5.69 Å². The average molecular weight is 580 g/mol. The van der Waals surface area contributed by atoms with E-state index in [4.69, 9.17) is 4.74 Å². The van der Waals surface area contributed by atoms with Crippen LogP contribution in [0.1, 0.15) is 25.3 Å². The van der Waals surface area contributed by atoms with Gasteiger partial charge in [0.1, 0.15) is 23.1 Å². The van der Waals surface area contributed by atoms with Crippen LogP contribution in [0.4, 0.5) is 24.5 Å². The molecule has 0 bridgehead atoms. The van der Waals surface area contributed by atoms with Crippen LogP contribution in [0.5, 0.6) is 5.75 Å². The van der Waals surface area contributed by atoms with Gasteiger partial charge in [0, 0.05) is 37.7 Å². The zero-order valence-electron chi connectivity index (χ0n) is 21.6. The van der Waals surface area contributed by atoms with Gasteiger partial charge in [0.15, 0.2) is 0 Å². The first-order valence-corrected chi connectivity index (χ1v) is 14.2. The van der Waals surface area contributed by atoms with Gasteiger partial charge in [0.25, 0.3) is 0 Å². The maximum atomic E-state index is 13.9. The maximum Gasteiger partial charge on any atom is 0.316 e. The third-order valence-corrected chi connectivity index (χ3v) is 9.00. The summed E-state index contributed by atoms with van der Waals surface area (Å²) in [7, 11) is -3.88. The number of hydrogen-bond donors (Lipinski definition) is 2. The monoisotopic (exact) mass is 579 g/mol.